The van der Waals surface area contributed by atoms with E-state index < -0.39 is 0 Å². The van der Waals surface area contributed by atoms with E-state index in [1.54, 1.807) is 0 Å². The summed E-state index contributed by atoms with van der Waals surface area (Å²) in [4.78, 5) is 0. The summed E-state index contributed by atoms with van der Waals surface area (Å²) in [5, 5.41) is 9.76. The second-order valence-corrected chi connectivity index (χ2v) is 4.52. The molecule has 2 nitrogen and oxygen atoms in total. The number of benzene rings is 1. The van der Waals surface area contributed by atoms with E-state index in [4.69, 9.17) is 4.74 Å². The molecule has 0 aliphatic heterocycles. The van der Waals surface area contributed by atoms with Crippen molar-refractivity contribution in [1.82, 2.24) is 0 Å². The van der Waals surface area contributed by atoms with Crippen molar-refractivity contribution < 1.29 is 9.84 Å². The van der Waals surface area contributed by atoms with Gasteiger partial charge in [0.2, 0.25) is 0 Å². The van der Waals surface area contributed by atoms with Crippen molar-refractivity contribution in [2.75, 3.05) is 6.61 Å². The lowest BCUT2D eigenvalue weighted by molar-refractivity contribution is 0.142. The van der Waals surface area contributed by atoms with Crippen LogP contribution in [0.25, 0.3) is 0 Å². The maximum Gasteiger partial charge on any atom is 0.119 e. The molecule has 2 heteroatoms. The van der Waals surface area contributed by atoms with Crippen molar-refractivity contribution in [2.24, 2.45) is 5.92 Å². The Morgan fingerprint density at radius 2 is 2.00 bits per heavy atom. The second-order valence-electron chi connectivity index (χ2n) is 4.52. The molecule has 0 heterocycles. The van der Waals surface area contributed by atoms with Crippen molar-refractivity contribution in [3.8, 4) is 5.75 Å². The van der Waals surface area contributed by atoms with E-state index in [0.29, 0.717) is 12.5 Å². The van der Waals surface area contributed by atoms with Gasteiger partial charge >= 0.3 is 0 Å². The van der Waals surface area contributed by atoms with E-state index >= 15 is 0 Å². The topological polar surface area (TPSA) is 29.5 Å². The molecule has 1 aromatic rings. The molecule has 0 aromatic heterocycles. The lowest BCUT2D eigenvalue weighted by Crippen LogP contribution is -2.10. The Hall–Kier alpha value is -1.02. The second kappa shape index (κ2) is 5.35. The molecule has 0 bridgehead atoms. The summed E-state index contributed by atoms with van der Waals surface area (Å²) in [5.74, 6) is 1.51. The molecule has 1 fully saturated rings. The molecular formula is C14H20O2. The van der Waals surface area contributed by atoms with Crippen LogP contribution in [0.3, 0.4) is 0 Å². The summed E-state index contributed by atoms with van der Waals surface area (Å²) >= 11 is 0. The highest BCUT2D eigenvalue weighted by Crippen LogP contribution is 2.34. The van der Waals surface area contributed by atoms with Gasteiger partial charge in [-0.05, 0) is 56.2 Å². The summed E-state index contributed by atoms with van der Waals surface area (Å²) in [6.45, 7) is 2.69. The maximum atomic E-state index is 9.76. The van der Waals surface area contributed by atoms with Gasteiger partial charge in [-0.1, -0.05) is 12.1 Å². The fourth-order valence-corrected chi connectivity index (χ4v) is 1.95. The Labute approximate surface area is 97.3 Å². The zero-order chi connectivity index (χ0) is 11.4. The molecule has 1 aliphatic rings. The zero-order valence-corrected chi connectivity index (χ0v) is 9.86. The first kappa shape index (κ1) is 11.5. The van der Waals surface area contributed by atoms with E-state index in [2.05, 4.69) is 12.1 Å². The molecular weight excluding hydrogens is 200 g/mol. The number of ether oxygens (including phenoxy) is 1. The van der Waals surface area contributed by atoms with E-state index in [1.165, 1.54) is 18.4 Å². The molecule has 2 rings (SSSR count). The van der Waals surface area contributed by atoms with Crippen molar-refractivity contribution in [2.45, 2.75) is 38.7 Å². The van der Waals surface area contributed by atoms with Crippen LogP contribution in [0.4, 0.5) is 0 Å². The van der Waals surface area contributed by atoms with Gasteiger partial charge in [0, 0.05) is 0 Å². The summed E-state index contributed by atoms with van der Waals surface area (Å²) in [6.07, 6.45) is 4.18. The molecule has 1 aromatic carbocycles. The van der Waals surface area contributed by atoms with Crippen LogP contribution in [-0.2, 0) is 6.42 Å². The molecule has 0 radical (unpaired) electrons. The number of aliphatic hydroxyl groups excluding tert-OH is 1. The van der Waals surface area contributed by atoms with Gasteiger partial charge in [0.15, 0.2) is 0 Å². The highest BCUT2D eigenvalue weighted by Gasteiger charge is 2.28. The predicted molar refractivity (Wildman–Crippen MR) is 64.7 cm³/mol. The van der Waals surface area contributed by atoms with Crippen LogP contribution in [0.15, 0.2) is 24.3 Å². The Morgan fingerprint density at radius 3 is 2.56 bits per heavy atom. The smallest absolute Gasteiger partial charge is 0.119 e. The summed E-state index contributed by atoms with van der Waals surface area (Å²) < 4.78 is 5.39. The largest absolute Gasteiger partial charge is 0.494 e. The quantitative estimate of drug-likeness (QED) is 0.798. The lowest BCUT2D eigenvalue weighted by atomic mass is 10.0. The van der Waals surface area contributed by atoms with Crippen molar-refractivity contribution >= 4 is 0 Å². The zero-order valence-electron chi connectivity index (χ0n) is 9.86. The minimum Gasteiger partial charge on any atom is -0.494 e. The Morgan fingerprint density at radius 1 is 1.31 bits per heavy atom. The molecule has 88 valence electrons. The number of hydrogen-bond donors (Lipinski definition) is 1. The monoisotopic (exact) mass is 220 g/mol. The first-order valence-corrected chi connectivity index (χ1v) is 6.19. The van der Waals surface area contributed by atoms with Crippen LogP contribution in [0.1, 0.15) is 31.7 Å². The third-order valence-corrected chi connectivity index (χ3v) is 3.13. The van der Waals surface area contributed by atoms with Crippen LogP contribution in [-0.4, -0.2) is 17.8 Å². The standard InChI is InChI=1S/C14H20O2/c1-2-16-13-8-3-11(4-9-13)5-10-14(15)12-6-7-12/h3-4,8-9,12,14-15H,2,5-7,10H2,1H3. The van der Waals surface area contributed by atoms with E-state index in [-0.39, 0.29) is 6.10 Å². The minimum atomic E-state index is -0.0911. The molecule has 1 N–H and O–H groups in total. The maximum absolute atomic E-state index is 9.76. The third-order valence-electron chi connectivity index (χ3n) is 3.13. The minimum absolute atomic E-state index is 0.0911. The highest BCUT2D eigenvalue weighted by atomic mass is 16.5. The third kappa shape index (κ3) is 3.24. The van der Waals surface area contributed by atoms with Gasteiger partial charge in [0.05, 0.1) is 12.7 Å². The highest BCUT2D eigenvalue weighted by molar-refractivity contribution is 5.27. The molecule has 1 atom stereocenters. The van der Waals surface area contributed by atoms with Gasteiger partial charge in [-0.3, -0.25) is 0 Å². The van der Waals surface area contributed by atoms with E-state index in [9.17, 15) is 5.11 Å². The lowest BCUT2D eigenvalue weighted by Gasteiger charge is -2.09. The van der Waals surface area contributed by atoms with Crippen LogP contribution < -0.4 is 4.74 Å². The Kier molecular flexibility index (Phi) is 3.83. The van der Waals surface area contributed by atoms with Gasteiger partial charge in [0.1, 0.15) is 5.75 Å². The SMILES string of the molecule is CCOc1ccc(CCC(O)C2CC2)cc1. The summed E-state index contributed by atoms with van der Waals surface area (Å²) in [6, 6.07) is 8.18. The first-order valence-electron chi connectivity index (χ1n) is 6.19. The van der Waals surface area contributed by atoms with Gasteiger partial charge in [-0.15, -0.1) is 0 Å². The normalized spacial score (nSPS) is 17.1. The molecule has 0 amide bonds. The number of rotatable bonds is 6. The number of hydrogen-bond acceptors (Lipinski definition) is 2. The van der Waals surface area contributed by atoms with Gasteiger partial charge in [-0.25, -0.2) is 0 Å². The van der Waals surface area contributed by atoms with Crippen LogP contribution in [0.2, 0.25) is 0 Å². The fourth-order valence-electron chi connectivity index (χ4n) is 1.95. The summed E-state index contributed by atoms with van der Waals surface area (Å²) in [5.41, 5.74) is 1.28. The van der Waals surface area contributed by atoms with Crippen molar-refractivity contribution in [3.63, 3.8) is 0 Å². The number of aryl methyl sites for hydroxylation is 1. The van der Waals surface area contributed by atoms with Crippen molar-refractivity contribution in [3.05, 3.63) is 29.8 Å². The average Bonchev–Trinajstić information content (AvgIpc) is 3.12. The Bertz CT molecular complexity index is 314. The molecule has 16 heavy (non-hydrogen) atoms. The van der Waals surface area contributed by atoms with Gasteiger partial charge < -0.3 is 9.84 Å². The molecule has 1 unspecified atom stereocenters. The Balaban J connectivity index is 1.79. The van der Waals surface area contributed by atoms with Gasteiger partial charge in [-0.2, -0.15) is 0 Å². The molecule has 0 saturated heterocycles. The molecule has 1 saturated carbocycles. The molecule has 1 aliphatic carbocycles. The molecule has 0 spiro atoms. The van der Waals surface area contributed by atoms with Crippen LogP contribution in [0.5, 0.6) is 5.75 Å². The van der Waals surface area contributed by atoms with E-state index in [1.807, 2.05) is 19.1 Å². The van der Waals surface area contributed by atoms with Crippen LogP contribution in [0, 0.1) is 5.92 Å². The number of aliphatic hydroxyl groups is 1. The first-order chi connectivity index (χ1) is 7.79. The summed E-state index contributed by atoms with van der Waals surface area (Å²) in [7, 11) is 0. The van der Waals surface area contributed by atoms with Gasteiger partial charge in [0.25, 0.3) is 0 Å². The average molecular weight is 220 g/mol. The van der Waals surface area contributed by atoms with Crippen LogP contribution >= 0.6 is 0 Å². The fraction of sp³-hybridized carbons (Fsp3) is 0.571. The van der Waals surface area contributed by atoms with Crippen molar-refractivity contribution in [1.29, 1.82) is 0 Å². The predicted octanol–water partition coefficient (Wildman–Crippen LogP) is 2.79. The van der Waals surface area contributed by atoms with E-state index in [0.717, 1.165) is 18.6 Å².